The summed E-state index contributed by atoms with van der Waals surface area (Å²) in [5, 5.41) is 0. The van der Waals surface area contributed by atoms with E-state index in [2.05, 4.69) is 6.92 Å². The van der Waals surface area contributed by atoms with Crippen molar-refractivity contribution in [3.05, 3.63) is 5.92 Å². The molecule has 0 aromatic rings. The predicted molar refractivity (Wildman–Crippen MR) is 65.6 cm³/mol. The Balaban J connectivity index is 0. The van der Waals surface area contributed by atoms with E-state index in [1.165, 1.54) is 51.4 Å². The molecule has 1 rings (SSSR count). The first-order valence-corrected chi connectivity index (χ1v) is 10.6. The molecule has 0 saturated heterocycles. The van der Waals surface area contributed by atoms with Crippen molar-refractivity contribution in [1.29, 1.82) is 0 Å². The molecule has 1 atom stereocenters. The van der Waals surface area contributed by atoms with Crippen LogP contribution >= 0.6 is 6.67 Å². The van der Waals surface area contributed by atoms with Crippen molar-refractivity contribution in [3.8, 4) is 0 Å². The molecule has 0 heterocycles. The van der Waals surface area contributed by atoms with Crippen LogP contribution in [0.2, 0.25) is 0 Å². The van der Waals surface area contributed by atoms with Gasteiger partial charge in [0.25, 0.3) is 0 Å². The van der Waals surface area contributed by atoms with Gasteiger partial charge in [0.05, 0.1) is 6.67 Å². The van der Waals surface area contributed by atoms with Crippen molar-refractivity contribution in [2.75, 3.05) is 0 Å². The van der Waals surface area contributed by atoms with Crippen LogP contribution in [0.25, 0.3) is 0 Å². The van der Waals surface area contributed by atoms with E-state index in [9.17, 15) is 4.57 Å². The molecule has 0 amide bonds. The zero-order valence-corrected chi connectivity index (χ0v) is 16.2. The monoisotopic (exact) mass is 297 g/mol. The SMILES string of the molecule is CCCC[C]1CCCCC1.O=[PH](O)[AlH2].[Zn]. The van der Waals surface area contributed by atoms with Crippen molar-refractivity contribution in [1.82, 2.24) is 0 Å². The van der Waals surface area contributed by atoms with Crippen LogP contribution in [0.4, 0.5) is 0 Å². The zero-order valence-electron chi connectivity index (χ0n) is 10.2. The molecule has 0 spiro atoms. The van der Waals surface area contributed by atoms with Crippen molar-refractivity contribution in [2.45, 2.75) is 58.3 Å². The van der Waals surface area contributed by atoms with Gasteiger partial charge in [-0.25, -0.2) is 0 Å². The molecule has 1 radical (unpaired) electrons. The maximum Gasteiger partial charge on any atom is 0.353 e. The first kappa shape index (κ1) is 18.7. The summed E-state index contributed by atoms with van der Waals surface area (Å²) in [5.41, 5.74) is 0. The van der Waals surface area contributed by atoms with Gasteiger partial charge >= 0.3 is 15.8 Å². The van der Waals surface area contributed by atoms with E-state index >= 15 is 0 Å². The van der Waals surface area contributed by atoms with E-state index in [0.717, 1.165) is 0 Å². The minimum absolute atomic E-state index is 0. The molecular formula is C10H23AlO2PZn. The minimum Gasteiger partial charge on any atom is -0.360 e. The molecule has 0 aliphatic heterocycles. The van der Waals surface area contributed by atoms with Gasteiger partial charge in [0.15, 0.2) is 0 Å². The first-order chi connectivity index (χ1) is 6.66. The second-order valence-electron chi connectivity index (χ2n) is 3.93. The van der Waals surface area contributed by atoms with Gasteiger partial charge in [0, 0.05) is 19.5 Å². The fourth-order valence-electron chi connectivity index (χ4n) is 1.73. The average Bonchev–Trinajstić information content (AvgIpc) is 2.15. The Labute approximate surface area is 115 Å². The van der Waals surface area contributed by atoms with Crippen molar-refractivity contribution in [2.24, 2.45) is 0 Å². The second kappa shape index (κ2) is 13.4. The third-order valence-electron chi connectivity index (χ3n) is 2.44. The summed E-state index contributed by atoms with van der Waals surface area (Å²) in [4.78, 5) is 7.66. The van der Waals surface area contributed by atoms with Gasteiger partial charge in [-0.3, -0.25) is 0 Å². The standard InChI is InChI=1S/C10H19.Al.HO2P.Zn.2H/c1-2-3-7-10-8-5-4-6-9-10;;1-3-2;;;/h2-9H2,1H3;;3H;;;/q;-1;;;;/p+1. The molecule has 1 aliphatic rings. The molecule has 15 heavy (non-hydrogen) atoms. The van der Waals surface area contributed by atoms with Gasteiger partial charge in [-0.2, -0.15) is 0 Å². The van der Waals surface area contributed by atoms with E-state index in [1.54, 1.807) is 0 Å². The van der Waals surface area contributed by atoms with Crippen LogP contribution in [-0.4, -0.2) is 20.7 Å². The number of hydrogen-bond donors (Lipinski definition) is 1. The van der Waals surface area contributed by atoms with Crippen molar-refractivity contribution < 1.29 is 28.9 Å². The normalized spacial score (nSPS) is 18.3. The summed E-state index contributed by atoms with van der Waals surface area (Å²) in [6, 6.07) is 0. The van der Waals surface area contributed by atoms with Gasteiger partial charge in [-0.15, -0.1) is 0 Å². The largest absolute Gasteiger partial charge is 0.360 e. The van der Waals surface area contributed by atoms with Gasteiger partial charge in [-0.05, 0) is 25.2 Å². The molecule has 1 N–H and O–H groups in total. The average molecular weight is 299 g/mol. The van der Waals surface area contributed by atoms with Gasteiger partial charge in [0.1, 0.15) is 0 Å². The maximum absolute atomic E-state index is 9.25. The van der Waals surface area contributed by atoms with Gasteiger partial charge < -0.3 is 9.46 Å². The summed E-state index contributed by atoms with van der Waals surface area (Å²) < 4.78 is 9.25. The molecule has 0 aromatic carbocycles. The molecule has 0 bridgehead atoms. The van der Waals surface area contributed by atoms with Crippen LogP contribution in [0.1, 0.15) is 58.3 Å². The van der Waals surface area contributed by atoms with Crippen LogP contribution < -0.4 is 0 Å². The zero-order chi connectivity index (χ0) is 10.8. The molecule has 1 fully saturated rings. The maximum atomic E-state index is 9.25. The molecule has 2 nitrogen and oxygen atoms in total. The summed E-state index contributed by atoms with van der Waals surface area (Å²) in [5.74, 6) is 1.85. The Hall–Kier alpha value is 1.35. The molecular weight excluding hydrogens is 275 g/mol. The van der Waals surface area contributed by atoms with Gasteiger partial charge in [-0.1, -0.05) is 39.0 Å². The third-order valence-corrected chi connectivity index (χ3v) is 2.44. The Morgan fingerprint density at radius 2 is 1.80 bits per heavy atom. The topological polar surface area (TPSA) is 37.3 Å². The molecule has 1 aliphatic carbocycles. The van der Waals surface area contributed by atoms with Gasteiger partial charge in [0.2, 0.25) is 0 Å². The van der Waals surface area contributed by atoms with Crippen molar-refractivity contribution >= 4 is 22.5 Å². The Morgan fingerprint density at radius 1 is 1.33 bits per heavy atom. The first-order valence-electron chi connectivity index (χ1n) is 5.70. The molecule has 0 aromatic heterocycles. The van der Waals surface area contributed by atoms with E-state index < -0.39 is 6.67 Å². The van der Waals surface area contributed by atoms with Crippen LogP contribution in [-0.2, 0) is 24.0 Å². The second-order valence-corrected chi connectivity index (χ2v) is 7.54. The Morgan fingerprint density at radius 3 is 2.20 bits per heavy atom. The summed E-state index contributed by atoms with van der Waals surface area (Å²) >= 11 is 0.451. The minimum atomic E-state index is -1.99. The summed E-state index contributed by atoms with van der Waals surface area (Å²) in [6.45, 7) is 0.290. The molecule has 5 heteroatoms. The molecule has 1 saturated carbocycles. The summed E-state index contributed by atoms with van der Waals surface area (Å²) in [7, 11) is 0. The fourth-order valence-corrected chi connectivity index (χ4v) is 1.73. The number of unbranched alkanes of at least 4 members (excludes halogenated alkanes) is 1. The summed E-state index contributed by atoms with van der Waals surface area (Å²) in [6.07, 6.45) is 11.5. The van der Waals surface area contributed by atoms with Crippen LogP contribution in [0.15, 0.2) is 0 Å². The Bertz CT molecular complexity index is 148. The molecule has 1 unspecified atom stereocenters. The third kappa shape index (κ3) is 15.3. The fraction of sp³-hybridized carbons (Fsp3) is 0.900. The quantitative estimate of drug-likeness (QED) is 0.642. The van der Waals surface area contributed by atoms with E-state index in [1.807, 2.05) is 5.92 Å². The predicted octanol–water partition coefficient (Wildman–Crippen LogP) is 2.71. The van der Waals surface area contributed by atoms with Crippen LogP contribution in [0.5, 0.6) is 0 Å². The van der Waals surface area contributed by atoms with E-state index in [-0.39, 0.29) is 19.5 Å². The van der Waals surface area contributed by atoms with E-state index in [0.29, 0.717) is 15.8 Å². The smallest absolute Gasteiger partial charge is 0.353 e. The van der Waals surface area contributed by atoms with Crippen LogP contribution in [0.3, 0.4) is 0 Å². The number of hydrogen-bond acceptors (Lipinski definition) is 1. The van der Waals surface area contributed by atoms with E-state index in [4.69, 9.17) is 4.89 Å². The van der Waals surface area contributed by atoms with Crippen LogP contribution in [0, 0.1) is 5.92 Å². The molecule has 85 valence electrons. The number of rotatable bonds is 3. The Kier molecular flexibility index (Phi) is 16.7. The van der Waals surface area contributed by atoms with Crippen molar-refractivity contribution in [3.63, 3.8) is 0 Å².